The van der Waals surface area contributed by atoms with Crippen LogP contribution < -0.4 is 15.5 Å². The Morgan fingerprint density at radius 3 is 2.45 bits per heavy atom. The summed E-state index contributed by atoms with van der Waals surface area (Å²) in [6.45, 7) is 9.09. The standard InChI is InChI=1S/C23H37N5O/c1-4-5-19(24-2)6-7-21(18-29)25-20-8-10-22(11-9-20)28-16-23(17-28)27-14-12-26(3)13-15-27/h5,8-11,18,21,23-25H,4,6-7,12-17H2,1-3H3/b19-5+. The van der Waals surface area contributed by atoms with Gasteiger partial charge in [0.2, 0.25) is 0 Å². The van der Waals surface area contributed by atoms with Crippen molar-refractivity contribution in [1.82, 2.24) is 15.1 Å². The van der Waals surface area contributed by atoms with Crippen LogP contribution in [0, 0.1) is 0 Å². The molecule has 2 fully saturated rings. The molecular weight excluding hydrogens is 362 g/mol. The van der Waals surface area contributed by atoms with Crippen molar-refractivity contribution in [2.24, 2.45) is 0 Å². The Kier molecular flexibility index (Phi) is 7.95. The molecule has 1 aromatic rings. The second-order valence-electron chi connectivity index (χ2n) is 8.26. The molecule has 2 saturated heterocycles. The first kappa shape index (κ1) is 21.7. The summed E-state index contributed by atoms with van der Waals surface area (Å²) in [5, 5.41) is 6.58. The van der Waals surface area contributed by atoms with Crippen LogP contribution in [0.25, 0.3) is 0 Å². The SMILES string of the molecule is CC/C=C(\CCC(C=O)Nc1ccc(N2CC(N3CCN(C)CC3)C2)cc1)NC. The van der Waals surface area contributed by atoms with E-state index in [1.165, 1.54) is 37.6 Å². The van der Waals surface area contributed by atoms with Gasteiger partial charge in [-0.15, -0.1) is 0 Å². The summed E-state index contributed by atoms with van der Waals surface area (Å²) in [5.41, 5.74) is 3.48. The second-order valence-corrected chi connectivity index (χ2v) is 8.26. The van der Waals surface area contributed by atoms with Crippen molar-refractivity contribution in [3.63, 3.8) is 0 Å². The molecule has 0 spiro atoms. The summed E-state index contributed by atoms with van der Waals surface area (Å²) in [7, 11) is 4.14. The number of hydrogen-bond acceptors (Lipinski definition) is 6. The first-order valence-corrected chi connectivity index (χ1v) is 11.0. The molecule has 0 amide bonds. The van der Waals surface area contributed by atoms with E-state index in [1.54, 1.807) is 0 Å². The molecule has 2 heterocycles. The fraction of sp³-hybridized carbons (Fsp3) is 0.609. The molecule has 1 aromatic carbocycles. The normalized spacial score (nSPS) is 20.2. The van der Waals surface area contributed by atoms with Gasteiger partial charge in [-0.2, -0.15) is 0 Å². The van der Waals surface area contributed by atoms with E-state index in [4.69, 9.17) is 0 Å². The van der Waals surface area contributed by atoms with E-state index < -0.39 is 0 Å². The highest BCUT2D eigenvalue weighted by atomic mass is 16.1. The first-order chi connectivity index (χ1) is 14.1. The lowest BCUT2D eigenvalue weighted by Crippen LogP contribution is -2.63. The van der Waals surface area contributed by atoms with Crippen LogP contribution in [0.15, 0.2) is 36.0 Å². The van der Waals surface area contributed by atoms with Crippen molar-refractivity contribution < 1.29 is 4.79 Å². The molecule has 1 unspecified atom stereocenters. The van der Waals surface area contributed by atoms with E-state index in [1.807, 2.05) is 7.05 Å². The first-order valence-electron chi connectivity index (χ1n) is 11.0. The minimum Gasteiger partial charge on any atom is -0.392 e. The van der Waals surface area contributed by atoms with Gasteiger partial charge in [0.15, 0.2) is 0 Å². The number of aldehydes is 1. The summed E-state index contributed by atoms with van der Waals surface area (Å²) in [4.78, 5) is 19.0. The van der Waals surface area contributed by atoms with Gasteiger partial charge in [0.1, 0.15) is 6.29 Å². The zero-order valence-corrected chi connectivity index (χ0v) is 18.2. The quantitative estimate of drug-likeness (QED) is 0.589. The largest absolute Gasteiger partial charge is 0.392 e. The van der Waals surface area contributed by atoms with Crippen LogP contribution >= 0.6 is 0 Å². The van der Waals surface area contributed by atoms with Gasteiger partial charge in [0.25, 0.3) is 0 Å². The zero-order chi connectivity index (χ0) is 20.6. The van der Waals surface area contributed by atoms with Crippen LogP contribution in [-0.2, 0) is 4.79 Å². The summed E-state index contributed by atoms with van der Waals surface area (Å²) in [6.07, 6.45) is 5.86. The Labute approximate surface area is 175 Å². The monoisotopic (exact) mass is 399 g/mol. The van der Waals surface area contributed by atoms with Crippen LogP contribution in [0.4, 0.5) is 11.4 Å². The average Bonchev–Trinajstić information content (AvgIpc) is 2.71. The molecule has 6 nitrogen and oxygen atoms in total. The Morgan fingerprint density at radius 1 is 1.17 bits per heavy atom. The number of anilines is 2. The van der Waals surface area contributed by atoms with Crippen LogP contribution in [0.3, 0.4) is 0 Å². The maximum atomic E-state index is 11.5. The third-order valence-corrected chi connectivity index (χ3v) is 6.16. The van der Waals surface area contributed by atoms with Gasteiger partial charge in [-0.3, -0.25) is 4.90 Å². The number of likely N-dealkylation sites (N-methyl/N-ethyl adjacent to an activating group) is 1. The van der Waals surface area contributed by atoms with Crippen molar-refractivity contribution in [1.29, 1.82) is 0 Å². The number of piperazine rings is 1. The zero-order valence-electron chi connectivity index (χ0n) is 18.2. The number of carbonyl (C=O) groups excluding carboxylic acids is 1. The molecule has 160 valence electrons. The molecule has 0 radical (unpaired) electrons. The predicted molar refractivity (Wildman–Crippen MR) is 122 cm³/mol. The van der Waals surface area contributed by atoms with Gasteiger partial charge < -0.3 is 25.2 Å². The lowest BCUT2D eigenvalue weighted by atomic mass is 10.0. The number of nitrogens with one attached hydrogen (secondary N) is 2. The fourth-order valence-electron chi connectivity index (χ4n) is 4.13. The molecule has 0 bridgehead atoms. The molecule has 1 atom stereocenters. The van der Waals surface area contributed by atoms with Gasteiger partial charge in [-0.1, -0.05) is 13.0 Å². The minimum absolute atomic E-state index is 0.167. The Morgan fingerprint density at radius 2 is 1.86 bits per heavy atom. The molecule has 0 aromatic heterocycles. The Bertz CT molecular complexity index is 660. The topological polar surface area (TPSA) is 50.9 Å². The molecule has 2 aliphatic rings. The highest BCUT2D eigenvalue weighted by Crippen LogP contribution is 2.26. The minimum atomic E-state index is -0.167. The highest BCUT2D eigenvalue weighted by Gasteiger charge is 2.33. The van der Waals surface area contributed by atoms with Gasteiger partial charge >= 0.3 is 0 Å². The smallest absolute Gasteiger partial charge is 0.142 e. The molecule has 0 aliphatic carbocycles. The molecule has 2 N–H and O–H groups in total. The van der Waals surface area contributed by atoms with E-state index in [2.05, 4.69) is 69.6 Å². The molecule has 0 saturated carbocycles. The third kappa shape index (κ3) is 5.97. The van der Waals surface area contributed by atoms with Gasteiger partial charge in [-0.05, 0) is 50.6 Å². The molecule has 3 rings (SSSR count). The molecular formula is C23H37N5O. The highest BCUT2D eigenvalue weighted by molar-refractivity contribution is 5.66. The maximum absolute atomic E-state index is 11.5. The van der Waals surface area contributed by atoms with Gasteiger partial charge in [0, 0.05) is 69.4 Å². The predicted octanol–water partition coefficient (Wildman–Crippen LogP) is 2.40. The van der Waals surface area contributed by atoms with E-state index in [-0.39, 0.29) is 6.04 Å². The summed E-state index contributed by atoms with van der Waals surface area (Å²) >= 11 is 0. The lowest BCUT2D eigenvalue weighted by molar-refractivity contribution is -0.108. The molecule has 29 heavy (non-hydrogen) atoms. The third-order valence-electron chi connectivity index (χ3n) is 6.16. The van der Waals surface area contributed by atoms with E-state index in [9.17, 15) is 4.79 Å². The number of benzene rings is 1. The number of carbonyl (C=O) groups is 1. The van der Waals surface area contributed by atoms with Crippen molar-refractivity contribution in [2.45, 2.75) is 38.3 Å². The average molecular weight is 400 g/mol. The van der Waals surface area contributed by atoms with Gasteiger partial charge in [0.05, 0.1) is 6.04 Å². The van der Waals surface area contributed by atoms with Crippen molar-refractivity contribution in [3.05, 3.63) is 36.0 Å². The number of hydrogen-bond donors (Lipinski definition) is 2. The summed E-state index contributed by atoms with van der Waals surface area (Å²) < 4.78 is 0. The summed E-state index contributed by atoms with van der Waals surface area (Å²) in [5.74, 6) is 0. The number of rotatable bonds is 10. The Hall–Kier alpha value is -2.05. The van der Waals surface area contributed by atoms with Crippen LogP contribution in [0.2, 0.25) is 0 Å². The van der Waals surface area contributed by atoms with Crippen LogP contribution in [0.5, 0.6) is 0 Å². The maximum Gasteiger partial charge on any atom is 0.142 e. The van der Waals surface area contributed by atoms with E-state index >= 15 is 0 Å². The lowest BCUT2D eigenvalue weighted by Gasteiger charge is -2.48. The van der Waals surface area contributed by atoms with Crippen LogP contribution in [0.1, 0.15) is 26.2 Å². The number of nitrogens with zero attached hydrogens (tertiary/aromatic N) is 3. The van der Waals surface area contributed by atoms with E-state index in [0.717, 1.165) is 44.3 Å². The van der Waals surface area contributed by atoms with Crippen molar-refractivity contribution >= 4 is 17.7 Å². The molecule has 6 heteroatoms. The summed E-state index contributed by atoms with van der Waals surface area (Å²) in [6, 6.07) is 9.05. The van der Waals surface area contributed by atoms with Crippen molar-refractivity contribution in [2.75, 3.05) is 63.6 Å². The van der Waals surface area contributed by atoms with Gasteiger partial charge in [-0.25, -0.2) is 0 Å². The van der Waals surface area contributed by atoms with Crippen molar-refractivity contribution in [3.8, 4) is 0 Å². The fourth-order valence-corrected chi connectivity index (χ4v) is 4.13. The second kappa shape index (κ2) is 10.6. The molecule has 2 aliphatic heterocycles. The van der Waals surface area contributed by atoms with Crippen LogP contribution in [-0.4, -0.2) is 81.5 Å². The Balaban J connectivity index is 1.45. The van der Waals surface area contributed by atoms with E-state index in [0.29, 0.717) is 6.04 Å². The number of allylic oxidation sites excluding steroid dienone is 2.